The lowest BCUT2D eigenvalue weighted by Crippen LogP contribution is -2.51. The maximum absolute atomic E-state index is 13.9. The summed E-state index contributed by atoms with van der Waals surface area (Å²) in [5.74, 6) is -4.82. The molecule has 0 atom stereocenters. The largest absolute Gasteiger partial charge is 0.483 e. The van der Waals surface area contributed by atoms with Crippen molar-refractivity contribution in [1.29, 1.82) is 0 Å². The summed E-state index contributed by atoms with van der Waals surface area (Å²) in [6, 6.07) is 9.12. The van der Waals surface area contributed by atoms with E-state index in [9.17, 15) is 22.8 Å². The summed E-state index contributed by atoms with van der Waals surface area (Å²) in [7, 11) is 0. The van der Waals surface area contributed by atoms with Gasteiger partial charge in [-0.15, -0.1) is 0 Å². The van der Waals surface area contributed by atoms with E-state index < -0.39 is 28.9 Å². The first-order valence-electron chi connectivity index (χ1n) is 9.33. The van der Waals surface area contributed by atoms with Crippen LogP contribution in [0.5, 0.6) is 5.75 Å². The summed E-state index contributed by atoms with van der Waals surface area (Å²) < 4.78 is 45.9. The molecule has 0 aromatic heterocycles. The molecule has 8 heteroatoms. The number of hydrogen-bond donors (Lipinski definition) is 0. The van der Waals surface area contributed by atoms with Gasteiger partial charge in [-0.05, 0) is 30.2 Å². The summed E-state index contributed by atoms with van der Waals surface area (Å²) in [5, 5.41) is 0. The van der Waals surface area contributed by atoms with Gasteiger partial charge < -0.3 is 14.5 Å². The van der Waals surface area contributed by atoms with E-state index in [4.69, 9.17) is 4.74 Å². The summed E-state index contributed by atoms with van der Waals surface area (Å²) >= 11 is 0. The summed E-state index contributed by atoms with van der Waals surface area (Å²) in [6.07, 6.45) is 0.783. The fourth-order valence-corrected chi connectivity index (χ4v) is 3.19. The second kappa shape index (κ2) is 8.98. The highest BCUT2D eigenvalue weighted by Crippen LogP contribution is 2.19. The van der Waals surface area contributed by atoms with Crippen LogP contribution in [0.15, 0.2) is 36.4 Å². The molecule has 5 nitrogen and oxygen atoms in total. The van der Waals surface area contributed by atoms with Crippen molar-refractivity contribution in [3.63, 3.8) is 0 Å². The minimum atomic E-state index is -1.67. The van der Waals surface area contributed by atoms with E-state index in [1.807, 2.05) is 25.1 Å². The van der Waals surface area contributed by atoms with E-state index in [0.29, 0.717) is 5.75 Å². The summed E-state index contributed by atoms with van der Waals surface area (Å²) in [4.78, 5) is 27.7. The van der Waals surface area contributed by atoms with Gasteiger partial charge in [0.05, 0.1) is 5.56 Å². The zero-order valence-corrected chi connectivity index (χ0v) is 16.0. The number of para-hydroxylation sites is 1. The molecule has 1 aliphatic rings. The number of nitrogens with zero attached hydrogens (tertiary/aromatic N) is 2. The third-order valence-electron chi connectivity index (χ3n) is 4.89. The molecule has 0 aliphatic carbocycles. The first-order valence-corrected chi connectivity index (χ1v) is 9.33. The molecule has 0 unspecified atom stereocenters. The predicted molar refractivity (Wildman–Crippen MR) is 100 cm³/mol. The quantitative estimate of drug-likeness (QED) is 0.718. The van der Waals surface area contributed by atoms with Gasteiger partial charge in [0, 0.05) is 26.2 Å². The van der Waals surface area contributed by atoms with Gasteiger partial charge in [0.2, 0.25) is 0 Å². The van der Waals surface area contributed by atoms with E-state index in [0.717, 1.165) is 24.1 Å². The first-order chi connectivity index (χ1) is 13.9. The lowest BCUT2D eigenvalue weighted by atomic mass is 10.1. The Hall–Kier alpha value is -3.03. The van der Waals surface area contributed by atoms with Crippen molar-refractivity contribution in [3.05, 3.63) is 65.0 Å². The molecule has 2 aromatic rings. The van der Waals surface area contributed by atoms with Crippen LogP contribution in [0.3, 0.4) is 0 Å². The maximum atomic E-state index is 13.9. The van der Waals surface area contributed by atoms with E-state index >= 15 is 0 Å². The van der Waals surface area contributed by atoms with Crippen molar-refractivity contribution >= 4 is 11.8 Å². The highest BCUT2D eigenvalue weighted by molar-refractivity contribution is 5.94. The number of amides is 2. The molecule has 0 saturated carbocycles. The fraction of sp³-hybridized carbons (Fsp3) is 0.333. The molecular formula is C21H21F3N2O3. The van der Waals surface area contributed by atoms with E-state index in [-0.39, 0.29) is 38.7 Å². The molecule has 2 amide bonds. The molecule has 0 bridgehead atoms. The Balaban J connectivity index is 1.55. The molecular weight excluding hydrogens is 385 g/mol. The third-order valence-corrected chi connectivity index (χ3v) is 4.89. The third kappa shape index (κ3) is 4.52. The van der Waals surface area contributed by atoms with Gasteiger partial charge in [0.15, 0.2) is 24.1 Å². The molecule has 1 fully saturated rings. The SMILES string of the molecule is CCc1ccccc1OCC(=O)N1CCN(C(=O)c2ccc(F)c(F)c2F)CC1. The van der Waals surface area contributed by atoms with E-state index in [1.165, 1.54) is 4.90 Å². The Kier molecular flexibility index (Phi) is 6.41. The number of benzene rings is 2. The molecule has 1 heterocycles. The van der Waals surface area contributed by atoms with Crippen LogP contribution in [0.4, 0.5) is 13.2 Å². The Morgan fingerprint density at radius 2 is 1.59 bits per heavy atom. The molecule has 3 rings (SSSR count). The maximum Gasteiger partial charge on any atom is 0.260 e. The van der Waals surface area contributed by atoms with Gasteiger partial charge in [0.1, 0.15) is 5.75 Å². The number of ether oxygens (including phenoxy) is 1. The number of piperazine rings is 1. The van der Waals surface area contributed by atoms with Crippen LogP contribution < -0.4 is 4.74 Å². The van der Waals surface area contributed by atoms with Crippen LogP contribution in [0.1, 0.15) is 22.8 Å². The Bertz CT molecular complexity index is 912. The molecule has 0 N–H and O–H groups in total. The Morgan fingerprint density at radius 1 is 0.931 bits per heavy atom. The number of rotatable bonds is 5. The highest BCUT2D eigenvalue weighted by Gasteiger charge is 2.28. The van der Waals surface area contributed by atoms with Crippen molar-refractivity contribution in [2.75, 3.05) is 32.8 Å². The van der Waals surface area contributed by atoms with Crippen LogP contribution in [0.25, 0.3) is 0 Å². The summed E-state index contributed by atoms with van der Waals surface area (Å²) in [6.45, 7) is 2.69. The lowest BCUT2D eigenvalue weighted by molar-refractivity contribution is -0.134. The molecule has 1 aliphatic heterocycles. The second-order valence-electron chi connectivity index (χ2n) is 6.65. The van der Waals surface area contributed by atoms with Crippen LogP contribution in [-0.4, -0.2) is 54.4 Å². The lowest BCUT2D eigenvalue weighted by Gasteiger charge is -2.34. The van der Waals surface area contributed by atoms with Gasteiger partial charge in [-0.1, -0.05) is 25.1 Å². The van der Waals surface area contributed by atoms with Crippen molar-refractivity contribution in [1.82, 2.24) is 9.80 Å². The summed E-state index contributed by atoms with van der Waals surface area (Å²) in [5.41, 5.74) is 0.479. The molecule has 0 spiro atoms. The minimum Gasteiger partial charge on any atom is -0.483 e. The smallest absolute Gasteiger partial charge is 0.260 e. The van der Waals surface area contributed by atoms with Crippen molar-refractivity contribution in [3.8, 4) is 5.75 Å². The molecule has 1 saturated heterocycles. The number of carbonyl (C=O) groups is 2. The number of aryl methyl sites for hydroxylation is 1. The second-order valence-corrected chi connectivity index (χ2v) is 6.65. The van der Waals surface area contributed by atoms with Crippen LogP contribution in [-0.2, 0) is 11.2 Å². The highest BCUT2D eigenvalue weighted by atomic mass is 19.2. The van der Waals surface area contributed by atoms with Crippen LogP contribution in [0, 0.1) is 17.5 Å². The number of carbonyl (C=O) groups excluding carboxylic acids is 2. The zero-order chi connectivity index (χ0) is 21.0. The molecule has 2 aromatic carbocycles. The predicted octanol–water partition coefficient (Wildman–Crippen LogP) is 3.03. The minimum absolute atomic E-state index is 0.122. The normalized spacial score (nSPS) is 14.1. The van der Waals surface area contributed by atoms with Gasteiger partial charge in [-0.3, -0.25) is 9.59 Å². The van der Waals surface area contributed by atoms with E-state index in [1.54, 1.807) is 11.0 Å². The zero-order valence-electron chi connectivity index (χ0n) is 16.0. The van der Waals surface area contributed by atoms with Crippen LogP contribution in [0.2, 0.25) is 0 Å². The van der Waals surface area contributed by atoms with Gasteiger partial charge in [0.25, 0.3) is 11.8 Å². The van der Waals surface area contributed by atoms with Crippen LogP contribution >= 0.6 is 0 Å². The van der Waals surface area contributed by atoms with Crippen molar-refractivity contribution in [2.45, 2.75) is 13.3 Å². The average Bonchev–Trinajstić information content (AvgIpc) is 2.75. The average molecular weight is 406 g/mol. The van der Waals surface area contributed by atoms with Gasteiger partial charge >= 0.3 is 0 Å². The topological polar surface area (TPSA) is 49.9 Å². The molecule has 29 heavy (non-hydrogen) atoms. The fourth-order valence-electron chi connectivity index (χ4n) is 3.19. The van der Waals surface area contributed by atoms with E-state index in [2.05, 4.69) is 0 Å². The standard InChI is InChI=1S/C21H21F3N2O3/c1-2-14-5-3-4-6-17(14)29-13-18(27)25-9-11-26(12-10-25)21(28)15-7-8-16(22)20(24)19(15)23/h3-8H,2,9-13H2,1H3. The number of hydrogen-bond acceptors (Lipinski definition) is 3. The Labute approximate surface area is 166 Å². The van der Waals surface area contributed by atoms with Gasteiger partial charge in [-0.25, -0.2) is 13.2 Å². The Morgan fingerprint density at radius 3 is 2.28 bits per heavy atom. The molecule has 0 radical (unpaired) electrons. The number of halogens is 3. The monoisotopic (exact) mass is 406 g/mol. The van der Waals surface area contributed by atoms with Crippen molar-refractivity contribution in [2.24, 2.45) is 0 Å². The van der Waals surface area contributed by atoms with Crippen molar-refractivity contribution < 1.29 is 27.5 Å². The molecule has 154 valence electrons. The first kappa shape index (κ1) is 20.7. The van der Waals surface area contributed by atoms with Gasteiger partial charge in [-0.2, -0.15) is 0 Å².